The van der Waals surface area contributed by atoms with E-state index in [9.17, 15) is 0 Å². The molecule has 3 rings (SSSR count). The van der Waals surface area contributed by atoms with Gasteiger partial charge in [0.25, 0.3) is 0 Å². The number of nitrogens with two attached hydrogens (primary N) is 1. The molecular formula is C15H14ClN3O. The molecule has 0 unspecified atom stereocenters. The van der Waals surface area contributed by atoms with Crippen molar-refractivity contribution in [3.05, 3.63) is 47.2 Å². The molecule has 0 aliphatic rings. The van der Waals surface area contributed by atoms with Gasteiger partial charge < -0.3 is 10.5 Å². The minimum absolute atomic E-state index is 0.582. The summed E-state index contributed by atoms with van der Waals surface area (Å²) in [6.45, 7) is 2.00. The first kappa shape index (κ1) is 12.8. The van der Waals surface area contributed by atoms with Crippen LogP contribution in [-0.2, 0) is 0 Å². The van der Waals surface area contributed by atoms with Crippen molar-refractivity contribution in [2.75, 3.05) is 12.8 Å². The van der Waals surface area contributed by atoms with Crippen molar-refractivity contribution < 1.29 is 4.74 Å². The van der Waals surface area contributed by atoms with Gasteiger partial charge in [0.15, 0.2) is 5.65 Å². The molecule has 2 N–H and O–H groups in total. The number of nitrogen functional groups attached to an aromatic ring is 1. The molecular weight excluding hydrogens is 274 g/mol. The molecule has 102 valence electrons. The van der Waals surface area contributed by atoms with E-state index in [4.69, 9.17) is 22.1 Å². The molecule has 0 spiro atoms. The SMILES string of the molecule is COc1ccc(-c2cn3c(Cl)ccc(N)c3n2)cc1C. The summed E-state index contributed by atoms with van der Waals surface area (Å²) < 4.78 is 7.05. The number of nitrogens with zero attached hydrogens (tertiary/aromatic N) is 2. The summed E-state index contributed by atoms with van der Waals surface area (Å²) in [5.41, 5.74) is 10.1. The number of hydrogen-bond acceptors (Lipinski definition) is 3. The van der Waals surface area contributed by atoms with Crippen LogP contribution >= 0.6 is 11.6 Å². The van der Waals surface area contributed by atoms with E-state index in [2.05, 4.69) is 4.98 Å². The summed E-state index contributed by atoms with van der Waals surface area (Å²) in [6, 6.07) is 9.45. The van der Waals surface area contributed by atoms with E-state index >= 15 is 0 Å². The first-order chi connectivity index (χ1) is 9.60. The maximum atomic E-state index is 6.16. The fraction of sp³-hybridized carbons (Fsp3) is 0.133. The first-order valence-corrected chi connectivity index (χ1v) is 6.56. The van der Waals surface area contributed by atoms with Crippen LogP contribution in [0, 0.1) is 6.92 Å². The number of ether oxygens (including phenoxy) is 1. The number of aryl methyl sites for hydroxylation is 1. The third-order valence-electron chi connectivity index (χ3n) is 3.29. The number of pyridine rings is 1. The van der Waals surface area contributed by atoms with Crippen LogP contribution in [0.3, 0.4) is 0 Å². The van der Waals surface area contributed by atoms with Gasteiger partial charge in [-0.25, -0.2) is 4.98 Å². The second kappa shape index (κ2) is 4.72. The lowest BCUT2D eigenvalue weighted by molar-refractivity contribution is 0.412. The van der Waals surface area contributed by atoms with E-state index in [1.165, 1.54) is 0 Å². The Morgan fingerprint density at radius 2 is 2.05 bits per heavy atom. The van der Waals surface area contributed by atoms with Crippen LogP contribution < -0.4 is 10.5 Å². The van der Waals surface area contributed by atoms with E-state index in [0.717, 1.165) is 22.6 Å². The Morgan fingerprint density at radius 3 is 2.70 bits per heavy atom. The number of fused-ring (bicyclic) bond motifs is 1. The number of rotatable bonds is 2. The Labute approximate surface area is 121 Å². The van der Waals surface area contributed by atoms with Gasteiger partial charge in [-0.1, -0.05) is 11.6 Å². The molecule has 0 amide bonds. The summed E-state index contributed by atoms with van der Waals surface area (Å²) in [5.74, 6) is 0.857. The van der Waals surface area contributed by atoms with E-state index in [-0.39, 0.29) is 0 Å². The van der Waals surface area contributed by atoms with Crippen molar-refractivity contribution in [3.63, 3.8) is 0 Å². The molecule has 0 aliphatic carbocycles. The average Bonchev–Trinajstić information content (AvgIpc) is 2.89. The van der Waals surface area contributed by atoms with Crippen molar-refractivity contribution in [1.29, 1.82) is 0 Å². The summed E-state index contributed by atoms with van der Waals surface area (Å²) in [6.07, 6.45) is 1.88. The molecule has 0 bridgehead atoms. The predicted octanol–water partition coefficient (Wildman–Crippen LogP) is 3.55. The highest BCUT2D eigenvalue weighted by Gasteiger charge is 2.10. The molecule has 0 aliphatic heterocycles. The lowest BCUT2D eigenvalue weighted by Gasteiger charge is -2.05. The second-order valence-electron chi connectivity index (χ2n) is 4.62. The van der Waals surface area contributed by atoms with Gasteiger partial charge in [0.2, 0.25) is 0 Å². The third-order valence-corrected chi connectivity index (χ3v) is 3.59. The van der Waals surface area contributed by atoms with Crippen LogP contribution in [0.5, 0.6) is 5.75 Å². The zero-order valence-corrected chi connectivity index (χ0v) is 12.0. The highest BCUT2D eigenvalue weighted by molar-refractivity contribution is 6.29. The van der Waals surface area contributed by atoms with Gasteiger partial charge in [-0.05, 0) is 42.8 Å². The molecule has 0 fully saturated rings. The van der Waals surface area contributed by atoms with Crippen molar-refractivity contribution in [3.8, 4) is 17.0 Å². The molecule has 2 aromatic heterocycles. The highest BCUT2D eigenvalue weighted by Crippen LogP contribution is 2.28. The van der Waals surface area contributed by atoms with Crippen molar-refractivity contribution in [2.45, 2.75) is 6.92 Å². The lowest BCUT2D eigenvalue weighted by atomic mass is 10.1. The number of methoxy groups -OCH3 is 1. The maximum absolute atomic E-state index is 6.16. The number of hydrogen-bond donors (Lipinski definition) is 1. The molecule has 5 heteroatoms. The molecule has 0 saturated carbocycles. The molecule has 0 atom stereocenters. The van der Waals surface area contributed by atoms with Gasteiger partial charge in [-0.15, -0.1) is 0 Å². The summed E-state index contributed by atoms with van der Waals surface area (Å²) >= 11 is 6.16. The number of halogens is 1. The molecule has 0 saturated heterocycles. The van der Waals surface area contributed by atoms with Crippen molar-refractivity contribution in [1.82, 2.24) is 9.38 Å². The van der Waals surface area contributed by atoms with Gasteiger partial charge in [-0.2, -0.15) is 0 Å². The minimum Gasteiger partial charge on any atom is -0.496 e. The van der Waals surface area contributed by atoms with Gasteiger partial charge >= 0.3 is 0 Å². The molecule has 20 heavy (non-hydrogen) atoms. The van der Waals surface area contributed by atoms with Gasteiger partial charge in [0.1, 0.15) is 10.9 Å². The number of benzene rings is 1. The Kier molecular flexibility index (Phi) is 3.03. The van der Waals surface area contributed by atoms with Crippen molar-refractivity contribution >= 4 is 22.9 Å². The molecule has 3 aromatic rings. The van der Waals surface area contributed by atoms with E-state index in [1.807, 2.05) is 31.3 Å². The molecule has 0 radical (unpaired) electrons. The van der Waals surface area contributed by atoms with E-state index in [0.29, 0.717) is 16.5 Å². The van der Waals surface area contributed by atoms with E-state index < -0.39 is 0 Å². The number of anilines is 1. The molecule has 1 aromatic carbocycles. The Bertz CT molecular complexity index is 756. The monoisotopic (exact) mass is 287 g/mol. The van der Waals surface area contributed by atoms with Crippen LogP contribution in [0.2, 0.25) is 5.15 Å². The zero-order chi connectivity index (χ0) is 14.3. The standard InChI is InChI=1S/C15H14ClN3O/c1-9-7-10(3-5-13(9)20-2)12-8-19-14(16)6-4-11(17)15(19)18-12/h3-8H,17H2,1-2H3. The fourth-order valence-electron chi connectivity index (χ4n) is 2.24. The normalized spacial score (nSPS) is 10.9. The number of aromatic nitrogens is 2. The summed E-state index contributed by atoms with van der Waals surface area (Å²) in [5, 5.41) is 0.582. The second-order valence-corrected chi connectivity index (χ2v) is 5.00. The summed E-state index contributed by atoms with van der Waals surface area (Å²) in [7, 11) is 1.66. The van der Waals surface area contributed by atoms with Gasteiger partial charge in [-0.3, -0.25) is 4.40 Å². The lowest BCUT2D eigenvalue weighted by Crippen LogP contribution is -1.92. The average molecular weight is 288 g/mol. The van der Waals surface area contributed by atoms with Crippen LogP contribution in [0.1, 0.15) is 5.56 Å². The quantitative estimate of drug-likeness (QED) is 0.733. The summed E-state index contributed by atoms with van der Waals surface area (Å²) in [4.78, 5) is 4.55. The minimum atomic E-state index is 0.582. The molecule has 2 heterocycles. The fourth-order valence-corrected chi connectivity index (χ4v) is 2.43. The Morgan fingerprint density at radius 1 is 1.25 bits per heavy atom. The van der Waals surface area contributed by atoms with Crippen molar-refractivity contribution in [2.24, 2.45) is 0 Å². The van der Waals surface area contributed by atoms with Crippen LogP contribution in [0.25, 0.3) is 16.9 Å². The molecule has 4 nitrogen and oxygen atoms in total. The van der Waals surface area contributed by atoms with Gasteiger partial charge in [0.05, 0.1) is 18.5 Å². The third kappa shape index (κ3) is 1.98. The van der Waals surface area contributed by atoms with Crippen LogP contribution in [0.4, 0.5) is 5.69 Å². The number of imidazole rings is 1. The predicted molar refractivity (Wildman–Crippen MR) is 81.3 cm³/mol. The van der Waals surface area contributed by atoms with Crippen LogP contribution in [-0.4, -0.2) is 16.5 Å². The Hall–Kier alpha value is -2.20. The topological polar surface area (TPSA) is 52.5 Å². The van der Waals surface area contributed by atoms with Crippen LogP contribution in [0.15, 0.2) is 36.5 Å². The smallest absolute Gasteiger partial charge is 0.161 e. The first-order valence-electron chi connectivity index (χ1n) is 6.18. The zero-order valence-electron chi connectivity index (χ0n) is 11.2. The maximum Gasteiger partial charge on any atom is 0.161 e. The highest BCUT2D eigenvalue weighted by atomic mass is 35.5. The van der Waals surface area contributed by atoms with E-state index in [1.54, 1.807) is 23.6 Å². The largest absolute Gasteiger partial charge is 0.496 e. The Balaban J connectivity index is 2.17. The van der Waals surface area contributed by atoms with Gasteiger partial charge in [0, 0.05) is 11.8 Å².